The molecule has 0 bridgehead atoms. The summed E-state index contributed by atoms with van der Waals surface area (Å²) in [6.45, 7) is 2.01. The summed E-state index contributed by atoms with van der Waals surface area (Å²) >= 11 is 3.51. The van der Waals surface area contributed by atoms with Crippen LogP contribution in [-0.4, -0.2) is 22.4 Å². The molecule has 0 aliphatic rings. The molecule has 0 spiro atoms. The molecular weight excluding hydrogens is 378 g/mol. The number of halogens is 1. The highest BCUT2D eigenvalue weighted by Crippen LogP contribution is 2.30. The lowest BCUT2D eigenvalue weighted by molar-refractivity contribution is 0.0946. The molecule has 1 amide bonds. The van der Waals surface area contributed by atoms with E-state index >= 15 is 0 Å². The van der Waals surface area contributed by atoms with E-state index < -0.39 is 5.91 Å². The molecule has 1 aromatic carbocycles. The molecule has 9 heteroatoms. The Balaban J connectivity index is 1.70. The van der Waals surface area contributed by atoms with Crippen LogP contribution in [0.5, 0.6) is 0 Å². The number of rotatable bonds is 4. The highest BCUT2D eigenvalue weighted by molar-refractivity contribution is 9.10. The third-order valence-electron chi connectivity index (χ3n) is 3.10. The zero-order valence-corrected chi connectivity index (χ0v) is 14.1. The Hall–Kier alpha value is -2.94. The van der Waals surface area contributed by atoms with Gasteiger partial charge in [0.15, 0.2) is 0 Å². The van der Waals surface area contributed by atoms with Crippen LogP contribution >= 0.6 is 15.9 Å². The first-order valence-corrected chi connectivity index (χ1v) is 7.61. The molecule has 8 nitrogen and oxygen atoms in total. The summed E-state index contributed by atoms with van der Waals surface area (Å²) in [6, 6.07) is 9.51. The molecule has 0 unspecified atom stereocenters. The second kappa shape index (κ2) is 6.67. The fourth-order valence-corrected chi connectivity index (χ4v) is 2.64. The van der Waals surface area contributed by atoms with E-state index in [4.69, 9.17) is 10.2 Å². The monoisotopic (exact) mass is 389 g/mol. The van der Waals surface area contributed by atoms with E-state index in [1.54, 1.807) is 6.07 Å². The smallest absolute Gasteiger partial charge is 0.297 e. The maximum absolute atomic E-state index is 11.7. The van der Waals surface area contributed by atoms with Crippen LogP contribution in [-0.2, 0) is 0 Å². The molecule has 0 radical (unpaired) electrons. The van der Waals surface area contributed by atoms with Crippen molar-refractivity contribution < 1.29 is 13.8 Å². The van der Waals surface area contributed by atoms with Gasteiger partial charge >= 0.3 is 0 Å². The van der Waals surface area contributed by atoms with Crippen LogP contribution in [0.1, 0.15) is 21.8 Å². The summed E-state index contributed by atoms with van der Waals surface area (Å²) in [6.07, 6.45) is 1.37. The Labute approximate surface area is 144 Å². The largest absolute Gasteiger partial charge is 0.455 e. The van der Waals surface area contributed by atoms with Gasteiger partial charge in [-0.15, -0.1) is 0 Å². The van der Waals surface area contributed by atoms with Gasteiger partial charge in [0.1, 0.15) is 11.5 Å². The molecule has 0 aliphatic carbocycles. The van der Waals surface area contributed by atoms with Crippen molar-refractivity contribution in [2.45, 2.75) is 6.92 Å². The number of nitrogens with zero attached hydrogens (tertiary/aromatic N) is 3. The van der Waals surface area contributed by atoms with Gasteiger partial charge in [0.25, 0.3) is 5.91 Å². The van der Waals surface area contributed by atoms with Crippen LogP contribution in [0.15, 0.2) is 49.0 Å². The van der Waals surface area contributed by atoms with Crippen molar-refractivity contribution >= 4 is 33.9 Å². The molecular formula is C15H12BrN5O3. The van der Waals surface area contributed by atoms with Gasteiger partial charge in [0.2, 0.25) is 11.5 Å². The maximum Gasteiger partial charge on any atom is 0.297 e. The molecule has 0 atom stereocenters. The lowest BCUT2D eigenvalue weighted by Gasteiger charge is -2.01. The summed E-state index contributed by atoms with van der Waals surface area (Å²) in [5.74, 6) is 0.425. The van der Waals surface area contributed by atoms with E-state index in [-0.39, 0.29) is 11.5 Å². The van der Waals surface area contributed by atoms with Gasteiger partial charge in [0.05, 0.1) is 6.21 Å². The summed E-state index contributed by atoms with van der Waals surface area (Å²) in [5.41, 5.74) is 9.61. The van der Waals surface area contributed by atoms with Crippen LogP contribution in [0.3, 0.4) is 0 Å². The molecule has 0 saturated heterocycles. The molecule has 0 saturated carbocycles. The Kier molecular flexibility index (Phi) is 4.43. The molecule has 0 aliphatic heterocycles. The number of anilines is 1. The van der Waals surface area contributed by atoms with E-state index in [9.17, 15) is 4.79 Å². The molecule has 122 valence electrons. The standard InChI is InChI=1S/C15H12BrN5O3/c1-8-2-4-10(11(16)6-8)12-5-3-9(23-12)7-18-19-15(22)13-14(17)21-24-20-13/h2-7H,1H3,(H2,17,21)(H,19,22)/b18-7-. The number of nitrogen functional groups attached to an aromatic ring is 1. The Morgan fingerprint density at radius 2 is 2.17 bits per heavy atom. The Morgan fingerprint density at radius 1 is 1.33 bits per heavy atom. The minimum atomic E-state index is -0.627. The summed E-state index contributed by atoms with van der Waals surface area (Å²) in [5, 5.41) is 10.5. The maximum atomic E-state index is 11.7. The number of hydrazone groups is 1. The predicted octanol–water partition coefficient (Wildman–Crippen LogP) is 2.75. The van der Waals surface area contributed by atoms with Crippen LogP contribution in [0, 0.1) is 6.92 Å². The number of carbonyl (C=O) groups excluding carboxylic acids is 1. The summed E-state index contributed by atoms with van der Waals surface area (Å²) < 4.78 is 11.0. The fourth-order valence-electron chi connectivity index (χ4n) is 1.95. The first-order chi connectivity index (χ1) is 11.5. The first kappa shape index (κ1) is 15.9. The van der Waals surface area contributed by atoms with Crippen molar-refractivity contribution in [3.8, 4) is 11.3 Å². The van der Waals surface area contributed by atoms with Gasteiger partial charge < -0.3 is 10.2 Å². The van der Waals surface area contributed by atoms with E-state index in [1.165, 1.54) is 6.21 Å². The number of benzene rings is 1. The van der Waals surface area contributed by atoms with Gasteiger partial charge in [-0.25, -0.2) is 10.1 Å². The number of hydrogen-bond donors (Lipinski definition) is 2. The van der Waals surface area contributed by atoms with Crippen molar-refractivity contribution in [1.29, 1.82) is 0 Å². The third-order valence-corrected chi connectivity index (χ3v) is 3.76. The number of furan rings is 1. The highest BCUT2D eigenvalue weighted by Gasteiger charge is 2.15. The summed E-state index contributed by atoms with van der Waals surface area (Å²) in [7, 11) is 0. The zero-order chi connectivity index (χ0) is 17.1. The number of aromatic nitrogens is 2. The Morgan fingerprint density at radius 3 is 2.88 bits per heavy atom. The van der Waals surface area contributed by atoms with Crippen LogP contribution in [0.2, 0.25) is 0 Å². The molecule has 3 N–H and O–H groups in total. The van der Waals surface area contributed by atoms with Crippen LogP contribution in [0.25, 0.3) is 11.3 Å². The molecule has 24 heavy (non-hydrogen) atoms. The zero-order valence-electron chi connectivity index (χ0n) is 12.5. The van der Waals surface area contributed by atoms with Crippen LogP contribution < -0.4 is 11.2 Å². The lowest BCUT2D eigenvalue weighted by atomic mass is 10.1. The highest BCUT2D eigenvalue weighted by atomic mass is 79.9. The normalized spacial score (nSPS) is 11.1. The van der Waals surface area contributed by atoms with Crippen molar-refractivity contribution in [2.24, 2.45) is 5.10 Å². The number of aryl methyl sites for hydroxylation is 1. The van der Waals surface area contributed by atoms with Crippen molar-refractivity contribution in [2.75, 3.05) is 5.73 Å². The number of amides is 1. The number of nitrogens with two attached hydrogens (primary N) is 1. The SMILES string of the molecule is Cc1ccc(-c2ccc(/C=N\NC(=O)c3nonc3N)o2)c(Br)c1. The third kappa shape index (κ3) is 3.35. The molecule has 3 aromatic rings. The molecule has 0 fully saturated rings. The predicted molar refractivity (Wildman–Crippen MR) is 90.4 cm³/mol. The van der Waals surface area contributed by atoms with Gasteiger partial charge in [-0.2, -0.15) is 5.10 Å². The van der Waals surface area contributed by atoms with E-state index in [1.807, 2.05) is 31.2 Å². The number of nitrogens with one attached hydrogen (secondary N) is 1. The second-order valence-electron chi connectivity index (χ2n) is 4.88. The lowest BCUT2D eigenvalue weighted by Crippen LogP contribution is -2.19. The topological polar surface area (TPSA) is 120 Å². The van der Waals surface area contributed by atoms with E-state index in [2.05, 4.69) is 41.4 Å². The quantitative estimate of drug-likeness (QED) is 0.522. The van der Waals surface area contributed by atoms with Crippen LogP contribution in [0.4, 0.5) is 5.82 Å². The van der Waals surface area contributed by atoms with E-state index in [0.717, 1.165) is 15.6 Å². The minimum Gasteiger partial charge on any atom is -0.455 e. The average Bonchev–Trinajstić information content (AvgIpc) is 3.16. The van der Waals surface area contributed by atoms with Gasteiger partial charge in [-0.3, -0.25) is 4.79 Å². The number of hydrogen-bond acceptors (Lipinski definition) is 7. The average molecular weight is 390 g/mol. The van der Waals surface area contributed by atoms with Crippen molar-refractivity contribution in [3.05, 3.63) is 51.8 Å². The molecule has 2 aromatic heterocycles. The van der Waals surface area contributed by atoms with Gasteiger partial charge in [-0.1, -0.05) is 22.0 Å². The van der Waals surface area contributed by atoms with Gasteiger partial charge in [-0.05, 0) is 47.1 Å². The molecule has 3 rings (SSSR count). The minimum absolute atomic E-state index is 0.104. The van der Waals surface area contributed by atoms with Crippen molar-refractivity contribution in [1.82, 2.24) is 15.7 Å². The Bertz CT molecular complexity index is 915. The van der Waals surface area contributed by atoms with Crippen molar-refractivity contribution in [3.63, 3.8) is 0 Å². The van der Waals surface area contributed by atoms with E-state index in [0.29, 0.717) is 11.5 Å². The second-order valence-corrected chi connectivity index (χ2v) is 5.74. The molecule has 2 heterocycles. The number of carbonyl (C=O) groups is 1. The first-order valence-electron chi connectivity index (χ1n) is 6.82. The van der Waals surface area contributed by atoms with Gasteiger partial charge in [0, 0.05) is 10.0 Å². The fraction of sp³-hybridized carbons (Fsp3) is 0.0667. The summed E-state index contributed by atoms with van der Waals surface area (Å²) in [4.78, 5) is 11.7.